The Labute approximate surface area is 230 Å². The van der Waals surface area contributed by atoms with Crippen LogP contribution in [0.1, 0.15) is 0 Å². The molecule has 0 fully saturated rings. The molecular weight excluding hydrogens is 492 g/mol. The van der Waals surface area contributed by atoms with Crippen LogP contribution >= 0.6 is 11.3 Å². The van der Waals surface area contributed by atoms with Gasteiger partial charge in [0.05, 0.1) is 16.7 Å². The van der Waals surface area contributed by atoms with Gasteiger partial charge in [0.2, 0.25) is 0 Å². The second-order valence-electron chi connectivity index (χ2n) is 9.81. The molecule has 0 amide bonds. The number of nitrogens with zero attached hydrogens (tertiary/aromatic N) is 2. The van der Waals surface area contributed by atoms with Crippen LogP contribution in [-0.2, 0) is 0 Å². The topological polar surface area (TPSA) is 8.17 Å². The summed E-state index contributed by atoms with van der Waals surface area (Å²) in [5.41, 5.74) is 7.03. The molecule has 0 spiro atoms. The average molecular weight is 517 g/mol. The molecule has 6 aromatic carbocycles. The fourth-order valence-corrected chi connectivity index (χ4v) is 6.99. The largest absolute Gasteiger partial charge is 0.310 e. The smallest absolute Gasteiger partial charge is 0.0562 e. The van der Waals surface area contributed by atoms with Crippen molar-refractivity contribution in [2.75, 3.05) is 4.90 Å². The van der Waals surface area contributed by atoms with E-state index in [-0.39, 0.29) is 0 Å². The van der Waals surface area contributed by atoms with E-state index in [1.54, 1.807) is 0 Å². The fraction of sp³-hybridized carbons (Fsp3) is 0. The first-order valence-electron chi connectivity index (χ1n) is 13.2. The molecule has 0 bridgehead atoms. The molecule has 8 rings (SSSR count). The number of benzene rings is 6. The average Bonchev–Trinajstić information content (AvgIpc) is 3.54. The Hall–Kier alpha value is -4.86. The van der Waals surface area contributed by atoms with Gasteiger partial charge in [-0.2, -0.15) is 0 Å². The minimum atomic E-state index is 1.14. The van der Waals surface area contributed by atoms with Crippen LogP contribution in [0.2, 0.25) is 0 Å². The number of rotatable bonds is 4. The minimum Gasteiger partial charge on any atom is -0.310 e. The molecule has 0 radical (unpaired) electrons. The Kier molecular flexibility index (Phi) is 5.04. The van der Waals surface area contributed by atoms with Crippen LogP contribution in [0.4, 0.5) is 17.1 Å². The maximum Gasteiger partial charge on any atom is 0.0562 e. The Morgan fingerprint density at radius 1 is 0.462 bits per heavy atom. The number of aromatic nitrogens is 1. The van der Waals surface area contributed by atoms with Crippen molar-refractivity contribution in [1.82, 2.24) is 4.57 Å². The van der Waals surface area contributed by atoms with Crippen LogP contribution < -0.4 is 4.90 Å². The zero-order chi connectivity index (χ0) is 25.8. The third-order valence-electron chi connectivity index (χ3n) is 7.56. The van der Waals surface area contributed by atoms with Gasteiger partial charge in [0.25, 0.3) is 0 Å². The predicted molar refractivity (Wildman–Crippen MR) is 168 cm³/mol. The molecule has 2 aromatic heterocycles. The summed E-state index contributed by atoms with van der Waals surface area (Å²) in [4.78, 5) is 2.41. The Bertz CT molecular complexity index is 2120. The molecule has 0 aliphatic carbocycles. The number of hydrogen-bond acceptors (Lipinski definition) is 2. The first-order chi connectivity index (χ1) is 19.4. The molecule has 39 heavy (non-hydrogen) atoms. The molecule has 0 aliphatic rings. The first kappa shape index (κ1) is 22.2. The Balaban J connectivity index is 1.46. The van der Waals surface area contributed by atoms with E-state index in [0.29, 0.717) is 0 Å². The summed E-state index contributed by atoms with van der Waals surface area (Å²) in [6, 6.07) is 52.4. The number of thiophene rings is 1. The number of anilines is 3. The number of fused-ring (bicyclic) bond motifs is 6. The quantitative estimate of drug-likeness (QED) is 0.226. The van der Waals surface area contributed by atoms with Crippen LogP contribution in [0.25, 0.3) is 47.7 Å². The van der Waals surface area contributed by atoms with Gasteiger partial charge in [-0.3, -0.25) is 0 Å². The molecule has 2 heterocycles. The summed E-state index contributed by atoms with van der Waals surface area (Å²) in [5, 5.41) is 5.10. The van der Waals surface area contributed by atoms with Crippen LogP contribution in [0, 0.1) is 0 Å². The van der Waals surface area contributed by atoms with E-state index in [4.69, 9.17) is 0 Å². The highest BCUT2D eigenvalue weighted by Crippen LogP contribution is 2.45. The molecule has 0 N–H and O–H groups in total. The molecule has 0 saturated heterocycles. The van der Waals surface area contributed by atoms with E-state index in [1.165, 1.54) is 53.4 Å². The standard InChI is InChI=1S/C36H24N2S/c1-3-12-25(13-4-1)37(27-22-23-35-30(24-27)28-16-8-10-21-34(28)39-35)32-19-11-20-33-36(32)29-17-7-9-18-31(29)38(33)26-14-5-2-6-15-26/h1-24H. The molecule has 0 saturated carbocycles. The van der Waals surface area contributed by atoms with Crippen LogP contribution in [0.3, 0.4) is 0 Å². The van der Waals surface area contributed by atoms with E-state index in [1.807, 2.05) is 11.3 Å². The van der Waals surface area contributed by atoms with Crippen molar-refractivity contribution in [3.63, 3.8) is 0 Å². The zero-order valence-electron chi connectivity index (χ0n) is 21.2. The lowest BCUT2D eigenvalue weighted by atomic mass is 10.1. The Morgan fingerprint density at radius 3 is 1.97 bits per heavy atom. The zero-order valence-corrected chi connectivity index (χ0v) is 22.0. The van der Waals surface area contributed by atoms with Gasteiger partial charge in [-0.15, -0.1) is 11.3 Å². The van der Waals surface area contributed by atoms with E-state index in [9.17, 15) is 0 Å². The minimum absolute atomic E-state index is 1.14. The third kappa shape index (κ3) is 3.48. The van der Waals surface area contributed by atoms with Crippen molar-refractivity contribution in [3.05, 3.63) is 146 Å². The van der Waals surface area contributed by atoms with Crippen LogP contribution in [-0.4, -0.2) is 4.57 Å². The highest BCUT2D eigenvalue weighted by molar-refractivity contribution is 7.25. The molecule has 0 aliphatic heterocycles. The third-order valence-corrected chi connectivity index (χ3v) is 8.72. The van der Waals surface area contributed by atoms with Crippen molar-refractivity contribution in [2.45, 2.75) is 0 Å². The summed E-state index contributed by atoms with van der Waals surface area (Å²) in [6.07, 6.45) is 0. The monoisotopic (exact) mass is 516 g/mol. The highest BCUT2D eigenvalue weighted by Gasteiger charge is 2.21. The second kappa shape index (κ2) is 8.87. The molecule has 3 heteroatoms. The summed E-state index contributed by atoms with van der Waals surface area (Å²) in [7, 11) is 0. The van der Waals surface area contributed by atoms with E-state index in [0.717, 1.165) is 11.4 Å². The van der Waals surface area contributed by atoms with Crippen LogP contribution in [0.15, 0.2) is 146 Å². The SMILES string of the molecule is c1ccc(N(c2ccc3sc4ccccc4c3c2)c2cccc3c2c2ccccc2n3-c2ccccc2)cc1. The van der Waals surface area contributed by atoms with Gasteiger partial charge in [0.15, 0.2) is 0 Å². The molecule has 0 atom stereocenters. The lowest BCUT2D eigenvalue weighted by Gasteiger charge is -2.26. The maximum atomic E-state index is 2.41. The molecular formula is C36H24N2S. The maximum absolute atomic E-state index is 2.41. The second-order valence-corrected chi connectivity index (χ2v) is 10.9. The lowest BCUT2D eigenvalue weighted by molar-refractivity contribution is 1.18. The molecule has 2 nitrogen and oxygen atoms in total. The summed E-state index contributed by atoms with van der Waals surface area (Å²) < 4.78 is 5.02. The van der Waals surface area contributed by atoms with Gasteiger partial charge < -0.3 is 9.47 Å². The van der Waals surface area contributed by atoms with E-state index < -0.39 is 0 Å². The molecule has 184 valence electrons. The van der Waals surface area contributed by atoms with Gasteiger partial charge in [-0.1, -0.05) is 78.9 Å². The van der Waals surface area contributed by atoms with Gasteiger partial charge in [0.1, 0.15) is 0 Å². The normalized spacial score (nSPS) is 11.6. The summed E-state index contributed by atoms with van der Waals surface area (Å²) in [5.74, 6) is 0. The lowest BCUT2D eigenvalue weighted by Crippen LogP contribution is -2.10. The molecule has 0 unspecified atom stereocenters. The highest BCUT2D eigenvalue weighted by atomic mass is 32.1. The predicted octanol–water partition coefficient (Wildman–Crippen LogP) is 10.6. The first-order valence-corrected chi connectivity index (χ1v) is 14.0. The van der Waals surface area contributed by atoms with E-state index in [2.05, 4.69) is 155 Å². The van der Waals surface area contributed by atoms with Gasteiger partial charge in [-0.25, -0.2) is 0 Å². The van der Waals surface area contributed by atoms with Gasteiger partial charge in [-0.05, 0) is 66.7 Å². The number of hydrogen-bond donors (Lipinski definition) is 0. The number of para-hydroxylation sites is 3. The summed E-state index contributed by atoms with van der Waals surface area (Å²) in [6.45, 7) is 0. The fourth-order valence-electron chi connectivity index (χ4n) is 5.90. The summed E-state index contributed by atoms with van der Waals surface area (Å²) >= 11 is 1.86. The van der Waals surface area contributed by atoms with Crippen molar-refractivity contribution in [2.24, 2.45) is 0 Å². The van der Waals surface area contributed by atoms with Gasteiger partial charge >= 0.3 is 0 Å². The van der Waals surface area contributed by atoms with E-state index >= 15 is 0 Å². The Morgan fingerprint density at radius 2 is 1.13 bits per heavy atom. The molecule has 8 aromatic rings. The van der Waals surface area contributed by atoms with Crippen molar-refractivity contribution in [3.8, 4) is 5.69 Å². The van der Waals surface area contributed by atoms with Crippen molar-refractivity contribution in [1.29, 1.82) is 0 Å². The van der Waals surface area contributed by atoms with Gasteiger partial charge in [0, 0.05) is 48.0 Å². The van der Waals surface area contributed by atoms with Crippen LogP contribution in [0.5, 0.6) is 0 Å². The van der Waals surface area contributed by atoms with Crippen molar-refractivity contribution < 1.29 is 0 Å². The van der Waals surface area contributed by atoms with Crippen molar-refractivity contribution >= 4 is 70.4 Å².